The lowest BCUT2D eigenvalue weighted by Gasteiger charge is -2.11. The number of nitrogens with two attached hydrogens (primary N) is 4. The fourth-order valence-corrected chi connectivity index (χ4v) is 3.33. The molecule has 0 heterocycles. The largest absolute Gasteiger partial charge is 0.399 e. The van der Waals surface area contributed by atoms with Crippen LogP contribution >= 0.6 is 0 Å². The molecule has 32 heavy (non-hydrogen) atoms. The molecule has 0 unspecified atom stereocenters. The van der Waals surface area contributed by atoms with Crippen LogP contribution in [0.25, 0.3) is 22.4 Å². The van der Waals surface area contributed by atoms with Gasteiger partial charge in [-0.25, -0.2) is 0 Å². The smallest absolute Gasteiger partial charge is 0.0395 e. The monoisotopic (exact) mass is 424 g/mol. The lowest BCUT2D eigenvalue weighted by atomic mass is 9.95. The Labute approximate surface area is 190 Å². The van der Waals surface area contributed by atoms with Gasteiger partial charge in [0.1, 0.15) is 0 Å². The highest BCUT2D eigenvalue weighted by molar-refractivity contribution is 6.00. The van der Waals surface area contributed by atoms with Crippen molar-refractivity contribution in [3.63, 3.8) is 0 Å². The van der Waals surface area contributed by atoms with Crippen molar-refractivity contribution in [1.29, 1.82) is 0 Å². The molecule has 0 atom stereocenters. The second-order valence-corrected chi connectivity index (χ2v) is 7.45. The number of allylic oxidation sites excluding steroid dienone is 1. The number of rotatable bonds is 2. The fourth-order valence-electron chi connectivity index (χ4n) is 3.33. The van der Waals surface area contributed by atoms with E-state index in [0.717, 1.165) is 50.2 Å². The van der Waals surface area contributed by atoms with Gasteiger partial charge in [-0.3, -0.25) is 0 Å². The molecule has 0 aliphatic rings. The molecule has 0 amide bonds. The normalized spacial score (nSPS) is 9.69. The third-order valence-corrected chi connectivity index (χ3v) is 4.91. The summed E-state index contributed by atoms with van der Waals surface area (Å²) in [5.74, 6) is 0. The third kappa shape index (κ3) is 6.16. The van der Waals surface area contributed by atoms with Crippen molar-refractivity contribution >= 4 is 45.2 Å². The Kier molecular flexibility index (Phi) is 8.49. The van der Waals surface area contributed by atoms with Crippen LogP contribution in [0.15, 0.2) is 92.0 Å². The number of fused-ring (bicyclic) bond motifs is 1. The van der Waals surface area contributed by atoms with Crippen LogP contribution in [0.2, 0.25) is 0 Å². The summed E-state index contributed by atoms with van der Waals surface area (Å²) in [6.07, 6.45) is 1.78. The molecular formula is C28H32N4. The molecule has 164 valence electrons. The maximum absolute atomic E-state index is 5.83. The first kappa shape index (κ1) is 24.1. The van der Waals surface area contributed by atoms with Crippen LogP contribution in [-0.4, -0.2) is 0 Å². The van der Waals surface area contributed by atoms with Crippen molar-refractivity contribution in [2.45, 2.75) is 13.8 Å². The van der Waals surface area contributed by atoms with E-state index in [1.165, 1.54) is 5.56 Å². The molecule has 0 saturated carbocycles. The standard InChI is InChI=1S/C12H15N.C10H10N2.C6H7N/c1-5-10-11(13)7-6-9(4)12(10)8(2)3;11-9-5-6-10(12)8-4-2-1-3-7(8)9;7-6-4-2-1-3-5-6/h5-7H,1-2,13H2,3-4H3;1-6H,11-12H2;1-5H,7H2. The maximum atomic E-state index is 5.83. The van der Waals surface area contributed by atoms with Crippen molar-refractivity contribution in [1.82, 2.24) is 0 Å². The molecule has 0 bridgehead atoms. The lowest BCUT2D eigenvalue weighted by Crippen LogP contribution is -1.96. The molecule has 8 N–H and O–H groups in total. The van der Waals surface area contributed by atoms with Gasteiger partial charge in [-0.2, -0.15) is 0 Å². The van der Waals surface area contributed by atoms with Crippen LogP contribution in [0.3, 0.4) is 0 Å². The molecule has 4 aromatic rings. The van der Waals surface area contributed by atoms with Gasteiger partial charge in [0, 0.05) is 39.1 Å². The fraction of sp³-hybridized carbons (Fsp3) is 0.0714. The second kappa shape index (κ2) is 11.3. The summed E-state index contributed by atoms with van der Waals surface area (Å²) >= 11 is 0. The first-order valence-electron chi connectivity index (χ1n) is 10.3. The first-order chi connectivity index (χ1) is 15.3. The Morgan fingerprint density at radius 3 is 1.53 bits per heavy atom. The molecule has 4 aromatic carbocycles. The van der Waals surface area contributed by atoms with Crippen LogP contribution in [0.4, 0.5) is 22.7 Å². The quantitative estimate of drug-likeness (QED) is 0.275. The van der Waals surface area contributed by atoms with Crippen LogP contribution < -0.4 is 22.9 Å². The molecule has 0 saturated heterocycles. The van der Waals surface area contributed by atoms with Crippen molar-refractivity contribution < 1.29 is 0 Å². The molecule has 0 spiro atoms. The predicted molar refractivity (Wildman–Crippen MR) is 144 cm³/mol. The minimum atomic E-state index is 0.763. The van der Waals surface area contributed by atoms with Gasteiger partial charge in [0.05, 0.1) is 0 Å². The number of para-hydroxylation sites is 1. The molecule has 0 aliphatic heterocycles. The summed E-state index contributed by atoms with van der Waals surface area (Å²) in [6, 6.07) is 24.9. The second-order valence-electron chi connectivity index (χ2n) is 7.45. The molecule has 0 aliphatic carbocycles. The topological polar surface area (TPSA) is 104 Å². The Morgan fingerprint density at radius 1 is 0.688 bits per heavy atom. The lowest BCUT2D eigenvalue weighted by molar-refractivity contribution is 1.40. The van der Waals surface area contributed by atoms with E-state index in [-0.39, 0.29) is 0 Å². The zero-order valence-electron chi connectivity index (χ0n) is 18.8. The minimum Gasteiger partial charge on any atom is -0.399 e. The number of nitrogen functional groups attached to an aromatic ring is 4. The van der Waals surface area contributed by atoms with Gasteiger partial charge in [-0.05, 0) is 55.3 Å². The number of hydrogen-bond donors (Lipinski definition) is 4. The first-order valence-corrected chi connectivity index (χ1v) is 10.3. The maximum Gasteiger partial charge on any atom is 0.0395 e. The van der Waals surface area contributed by atoms with Gasteiger partial charge in [0.2, 0.25) is 0 Å². The summed E-state index contributed by atoms with van der Waals surface area (Å²) in [5, 5.41) is 2.05. The molecule has 0 fully saturated rings. The summed E-state index contributed by atoms with van der Waals surface area (Å²) in [7, 11) is 0. The number of benzene rings is 4. The van der Waals surface area contributed by atoms with Crippen molar-refractivity contribution in [3.8, 4) is 0 Å². The average molecular weight is 425 g/mol. The SMILES string of the molecule is C=Cc1c(N)ccc(C)c1C(=C)C.Nc1ccc(N)c2ccccc12.Nc1ccccc1. The van der Waals surface area contributed by atoms with Crippen LogP contribution in [0.5, 0.6) is 0 Å². The Balaban J connectivity index is 0.000000178. The summed E-state index contributed by atoms with van der Waals surface area (Å²) in [6.45, 7) is 11.7. The average Bonchev–Trinajstić information content (AvgIpc) is 2.79. The van der Waals surface area contributed by atoms with Crippen molar-refractivity contribution in [2.75, 3.05) is 22.9 Å². The van der Waals surface area contributed by atoms with E-state index in [1.54, 1.807) is 6.08 Å². The van der Waals surface area contributed by atoms with Gasteiger partial charge < -0.3 is 22.9 Å². The van der Waals surface area contributed by atoms with E-state index in [2.05, 4.69) is 20.1 Å². The van der Waals surface area contributed by atoms with E-state index in [1.807, 2.05) is 85.8 Å². The van der Waals surface area contributed by atoms with E-state index in [9.17, 15) is 0 Å². The zero-order valence-corrected chi connectivity index (χ0v) is 18.8. The molecule has 4 nitrogen and oxygen atoms in total. The zero-order chi connectivity index (χ0) is 23.7. The van der Waals surface area contributed by atoms with Crippen LogP contribution in [-0.2, 0) is 0 Å². The van der Waals surface area contributed by atoms with Crippen molar-refractivity contribution in [3.05, 3.63) is 109 Å². The van der Waals surface area contributed by atoms with Gasteiger partial charge in [-0.1, -0.05) is 73.3 Å². The van der Waals surface area contributed by atoms with Crippen molar-refractivity contribution in [2.24, 2.45) is 0 Å². The molecule has 4 rings (SSSR count). The molecular weight excluding hydrogens is 392 g/mol. The van der Waals surface area contributed by atoms with Gasteiger partial charge in [-0.15, -0.1) is 0 Å². The Hall–Kier alpha value is -4.18. The van der Waals surface area contributed by atoms with E-state index in [0.29, 0.717) is 0 Å². The molecule has 0 radical (unpaired) electrons. The van der Waals surface area contributed by atoms with Crippen LogP contribution in [0.1, 0.15) is 23.6 Å². The summed E-state index contributed by atoms with van der Waals surface area (Å²) < 4.78 is 0. The number of hydrogen-bond acceptors (Lipinski definition) is 4. The number of anilines is 4. The third-order valence-electron chi connectivity index (χ3n) is 4.91. The Morgan fingerprint density at radius 2 is 1.16 bits per heavy atom. The van der Waals surface area contributed by atoms with E-state index in [4.69, 9.17) is 22.9 Å². The molecule has 0 aromatic heterocycles. The highest BCUT2D eigenvalue weighted by Crippen LogP contribution is 2.27. The highest BCUT2D eigenvalue weighted by Gasteiger charge is 2.06. The van der Waals surface area contributed by atoms with E-state index >= 15 is 0 Å². The number of aryl methyl sites for hydroxylation is 1. The predicted octanol–water partition coefficient (Wildman–Crippen LogP) is 6.53. The Bertz CT molecular complexity index is 1170. The van der Waals surface area contributed by atoms with Gasteiger partial charge >= 0.3 is 0 Å². The summed E-state index contributed by atoms with van der Waals surface area (Å²) in [5.41, 5.74) is 30.2. The molecule has 4 heteroatoms. The highest BCUT2D eigenvalue weighted by atomic mass is 14.6. The van der Waals surface area contributed by atoms with Crippen LogP contribution in [0, 0.1) is 6.92 Å². The van der Waals surface area contributed by atoms with E-state index < -0.39 is 0 Å². The minimum absolute atomic E-state index is 0.763. The van der Waals surface area contributed by atoms with Gasteiger partial charge in [0.15, 0.2) is 0 Å². The summed E-state index contributed by atoms with van der Waals surface area (Å²) in [4.78, 5) is 0. The van der Waals surface area contributed by atoms with Gasteiger partial charge in [0.25, 0.3) is 0 Å².